The molecule has 0 aromatic rings. The molecular formula is C10H21NO2S. The van der Waals surface area contributed by atoms with Crippen molar-refractivity contribution in [1.82, 2.24) is 4.72 Å². The number of sulfonamides is 1. The van der Waals surface area contributed by atoms with E-state index in [0.717, 1.165) is 31.1 Å². The number of rotatable bonds is 3. The van der Waals surface area contributed by atoms with E-state index in [1.54, 1.807) is 0 Å². The molecule has 0 radical (unpaired) electrons. The Bertz CT molecular complexity index is 241. The Kier molecular flexibility index (Phi) is 6.83. The van der Waals surface area contributed by atoms with Crippen LogP contribution >= 0.6 is 0 Å². The molecule has 1 rings (SSSR count). The summed E-state index contributed by atoms with van der Waals surface area (Å²) in [4.78, 5) is 0. The van der Waals surface area contributed by atoms with Crippen molar-refractivity contribution in [3.05, 3.63) is 12.0 Å². The standard InChI is InChI=1S/C8H15NO2S.C2H6/c1-2-12(10,11)9-8-6-4-3-5-7-8;1-2/h2,8-9H,1,3-7H2;1-2H3. The van der Waals surface area contributed by atoms with Crippen molar-refractivity contribution < 1.29 is 8.42 Å². The minimum atomic E-state index is -3.21. The molecule has 1 N–H and O–H groups in total. The molecular weight excluding hydrogens is 198 g/mol. The minimum absolute atomic E-state index is 0.141. The largest absolute Gasteiger partial charge is 0.233 e. The van der Waals surface area contributed by atoms with Crippen LogP contribution in [0.3, 0.4) is 0 Å². The van der Waals surface area contributed by atoms with Gasteiger partial charge in [0.2, 0.25) is 10.0 Å². The predicted octanol–water partition coefficient (Wildman–Crippen LogP) is 2.41. The molecule has 0 aromatic heterocycles. The first kappa shape index (κ1) is 13.7. The van der Waals surface area contributed by atoms with Crippen molar-refractivity contribution in [1.29, 1.82) is 0 Å². The first-order valence-corrected chi connectivity index (χ1v) is 6.83. The molecule has 0 unspecified atom stereocenters. The molecule has 84 valence electrons. The van der Waals surface area contributed by atoms with Crippen LogP contribution in [0.5, 0.6) is 0 Å². The van der Waals surface area contributed by atoms with Gasteiger partial charge in [-0.15, -0.1) is 0 Å². The van der Waals surface area contributed by atoms with Crippen molar-refractivity contribution in [2.24, 2.45) is 0 Å². The maximum atomic E-state index is 11.0. The van der Waals surface area contributed by atoms with Crippen molar-refractivity contribution in [2.45, 2.75) is 52.0 Å². The molecule has 1 aliphatic carbocycles. The summed E-state index contributed by atoms with van der Waals surface area (Å²) in [5, 5.41) is 0.974. The molecule has 1 aliphatic rings. The lowest BCUT2D eigenvalue weighted by Gasteiger charge is -2.21. The van der Waals surface area contributed by atoms with Gasteiger partial charge in [-0.2, -0.15) is 0 Å². The van der Waals surface area contributed by atoms with Crippen molar-refractivity contribution in [2.75, 3.05) is 0 Å². The van der Waals surface area contributed by atoms with Crippen molar-refractivity contribution in [3.63, 3.8) is 0 Å². The van der Waals surface area contributed by atoms with Crippen LogP contribution in [0.2, 0.25) is 0 Å². The zero-order chi connectivity index (χ0) is 11.0. The quantitative estimate of drug-likeness (QED) is 0.792. The third-order valence-electron chi connectivity index (χ3n) is 2.16. The smallest absolute Gasteiger partial charge is 0.209 e. The van der Waals surface area contributed by atoms with Gasteiger partial charge in [-0.3, -0.25) is 0 Å². The Morgan fingerprint density at radius 1 is 1.21 bits per heavy atom. The van der Waals surface area contributed by atoms with Gasteiger partial charge in [0.15, 0.2) is 0 Å². The molecule has 1 fully saturated rings. The average molecular weight is 219 g/mol. The molecule has 0 atom stereocenters. The highest BCUT2D eigenvalue weighted by molar-refractivity contribution is 7.92. The third kappa shape index (κ3) is 5.40. The molecule has 0 spiro atoms. The van der Waals surface area contributed by atoms with E-state index in [2.05, 4.69) is 11.3 Å². The normalized spacial score (nSPS) is 18.1. The second-order valence-corrected chi connectivity index (χ2v) is 4.82. The maximum absolute atomic E-state index is 11.0. The van der Waals surface area contributed by atoms with Gasteiger partial charge in [-0.05, 0) is 12.8 Å². The monoisotopic (exact) mass is 219 g/mol. The minimum Gasteiger partial charge on any atom is -0.209 e. The molecule has 1 saturated carbocycles. The second-order valence-electron chi connectivity index (χ2n) is 3.16. The Hall–Kier alpha value is -0.350. The molecule has 0 bridgehead atoms. The lowest BCUT2D eigenvalue weighted by atomic mass is 9.96. The summed E-state index contributed by atoms with van der Waals surface area (Å²) >= 11 is 0. The first-order chi connectivity index (χ1) is 6.64. The molecule has 4 heteroatoms. The van der Waals surface area contributed by atoms with Crippen LogP contribution in [0.4, 0.5) is 0 Å². The van der Waals surface area contributed by atoms with Crippen LogP contribution in [0.1, 0.15) is 46.0 Å². The van der Waals surface area contributed by atoms with E-state index in [9.17, 15) is 8.42 Å². The molecule has 0 aliphatic heterocycles. The van der Waals surface area contributed by atoms with Gasteiger partial charge >= 0.3 is 0 Å². The fraction of sp³-hybridized carbons (Fsp3) is 0.800. The van der Waals surface area contributed by atoms with Crippen LogP contribution in [-0.2, 0) is 10.0 Å². The van der Waals surface area contributed by atoms with Gasteiger partial charge in [-0.1, -0.05) is 39.7 Å². The average Bonchev–Trinajstić information content (AvgIpc) is 2.22. The van der Waals surface area contributed by atoms with Gasteiger partial charge in [0.25, 0.3) is 0 Å². The lowest BCUT2D eigenvalue weighted by molar-refractivity contribution is 0.413. The molecule has 3 nitrogen and oxygen atoms in total. The van der Waals surface area contributed by atoms with Crippen LogP contribution in [0.15, 0.2) is 12.0 Å². The van der Waals surface area contributed by atoms with Crippen molar-refractivity contribution >= 4 is 10.0 Å². The molecule has 0 amide bonds. The number of nitrogens with one attached hydrogen (secondary N) is 1. The van der Waals surface area contributed by atoms with Crippen LogP contribution in [0.25, 0.3) is 0 Å². The third-order valence-corrected chi connectivity index (χ3v) is 3.26. The highest BCUT2D eigenvalue weighted by atomic mass is 32.2. The summed E-state index contributed by atoms with van der Waals surface area (Å²) in [7, 11) is -3.21. The lowest BCUT2D eigenvalue weighted by Crippen LogP contribution is -2.34. The van der Waals surface area contributed by atoms with Gasteiger partial charge < -0.3 is 0 Å². The van der Waals surface area contributed by atoms with E-state index in [-0.39, 0.29) is 6.04 Å². The van der Waals surface area contributed by atoms with Crippen LogP contribution in [-0.4, -0.2) is 14.5 Å². The van der Waals surface area contributed by atoms with E-state index in [0.29, 0.717) is 0 Å². The zero-order valence-electron chi connectivity index (χ0n) is 9.12. The fourth-order valence-electron chi connectivity index (χ4n) is 1.50. The summed E-state index contributed by atoms with van der Waals surface area (Å²) in [6.07, 6.45) is 5.42. The van der Waals surface area contributed by atoms with Gasteiger partial charge in [0.05, 0.1) is 0 Å². The summed E-state index contributed by atoms with van der Waals surface area (Å²) in [6, 6.07) is 0.141. The predicted molar refractivity (Wildman–Crippen MR) is 60.5 cm³/mol. The zero-order valence-corrected chi connectivity index (χ0v) is 9.94. The number of hydrogen-bond acceptors (Lipinski definition) is 2. The van der Waals surface area contributed by atoms with E-state index >= 15 is 0 Å². The summed E-state index contributed by atoms with van der Waals surface area (Å²) in [5.74, 6) is 0. The van der Waals surface area contributed by atoms with Crippen molar-refractivity contribution in [3.8, 4) is 0 Å². The topological polar surface area (TPSA) is 46.2 Å². The first-order valence-electron chi connectivity index (χ1n) is 5.29. The number of hydrogen-bond donors (Lipinski definition) is 1. The Labute approximate surface area is 87.6 Å². The van der Waals surface area contributed by atoms with E-state index in [4.69, 9.17) is 0 Å². The van der Waals surface area contributed by atoms with E-state index in [1.165, 1.54) is 6.42 Å². The van der Waals surface area contributed by atoms with E-state index in [1.807, 2.05) is 13.8 Å². The Morgan fingerprint density at radius 2 is 1.71 bits per heavy atom. The summed E-state index contributed by atoms with van der Waals surface area (Å²) < 4.78 is 24.7. The molecule has 0 heterocycles. The van der Waals surface area contributed by atoms with Gasteiger partial charge in [-0.25, -0.2) is 13.1 Å². The second kappa shape index (κ2) is 7.01. The fourth-order valence-corrected chi connectivity index (χ4v) is 2.30. The summed E-state index contributed by atoms with van der Waals surface area (Å²) in [6.45, 7) is 7.25. The highest BCUT2D eigenvalue weighted by Crippen LogP contribution is 2.17. The summed E-state index contributed by atoms with van der Waals surface area (Å²) in [5.41, 5.74) is 0. The van der Waals surface area contributed by atoms with Crippen LogP contribution < -0.4 is 4.72 Å². The van der Waals surface area contributed by atoms with Gasteiger partial charge in [0.1, 0.15) is 0 Å². The maximum Gasteiger partial charge on any atom is 0.233 e. The molecule has 14 heavy (non-hydrogen) atoms. The van der Waals surface area contributed by atoms with Crippen LogP contribution in [0, 0.1) is 0 Å². The Balaban J connectivity index is 0.000000791. The molecule has 0 aromatic carbocycles. The molecule has 0 saturated heterocycles. The SMILES string of the molecule is C=CS(=O)(=O)NC1CCCCC1.CC. The van der Waals surface area contributed by atoms with Gasteiger partial charge in [0, 0.05) is 11.4 Å². The van der Waals surface area contributed by atoms with E-state index < -0.39 is 10.0 Å². The highest BCUT2D eigenvalue weighted by Gasteiger charge is 2.17. The Morgan fingerprint density at radius 3 is 2.14 bits per heavy atom.